The van der Waals surface area contributed by atoms with Gasteiger partial charge in [0.05, 0.1) is 0 Å². The predicted octanol–water partition coefficient (Wildman–Crippen LogP) is 3.44. The van der Waals surface area contributed by atoms with Gasteiger partial charge in [-0.2, -0.15) is 0 Å². The van der Waals surface area contributed by atoms with Gasteiger partial charge >= 0.3 is 5.97 Å². The summed E-state index contributed by atoms with van der Waals surface area (Å²) in [6.45, 7) is 7.45. The molecular formula is C16H22O4. The van der Waals surface area contributed by atoms with Crippen LogP contribution in [0.2, 0.25) is 0 Å². The Morgan fingerprint density at radius 1 is 1.30 bits per heavy atom. The van der Waals surface area contributed by atoms with Crippen LogP contribution in [0.5, 0.6) is 0 Å². The van der Waals surface area contributed by atoms with Crippen molar-refractivity contribution >= 4 is 5.97 Å². The van der Waals surface area contributed by atoms with Crippen LogP contribution in [0.15, 0.2) is 24.3 Å². The van der Waals surface area contributed by atoms with E-state index in [4.69, 9.17) is 9.47 Å². The van der Waals surface area contributed by atoms with Crippen LogP contribution in [0.1, 0.15) is 50.8 Å². The molecule has 1 aromatic rings. The average Bonchev–Trinajstić information content (AvgIpc) is 2.75. The first-order valence-electron chi connectivity index (χ1n) is 7.05. The zero-order valence-electron chi connectivity index (χ0n) is 12.5. The van der Waals surface area contributed by atoms with Crippen LogP contribution >= 0.6 is 0 Å². The van der Waals surface area contributed by atoms with Crippen molar-refractivity contribution in [2.75, 3.05) is 0 Å². The molecule has 1 aliphatic rings. The Kier molecular flexibility index (Phi) is 3.89. The molecule has 1 aliphatic heterocycles. The van der Waals surface area contributed by atoms with Gasteiger partial charge in [-0.15, -0.1) is 0 Å². The van der Waals surface area contributed by atoms with Crippen LogP contribution in [-0.4, -0.2) is 22.5 Å². The number of aliphatic carboxylic acids is 1. The summed E-state index contributed by atoms with van der Waals surface area (Å²) in [7, 11) is 0. The van der Waals surface area contributed by atoms with Gasteiger partial charge in [-0.25, -0.2) is 4.79 Å². The van der Waals surface area contributed by atoms with E-state index in [-0.39, 0.29) is 0 Å². The number of aryl methyl sites for hydroxylation is 1. The largest absolute Gasteiger partial charge is 0.479 e. The Balaban J connectivity index is 2.50. The molecule has 2 rings (SSSR count). The molecule has 0 saturated carbocycles. The Hall–Kier alpha value is -1.39. The minimum absolute atomic E-state index is 0.596. The summed E-state index contributed by atoms with van der Waals surface area (Å²) in [5.41, 5.74) is 0.524. The van der Waals surface area contributed by atoms with Crippen LogP contribution in [0, 0.1) is 6.92 Å². The van der Waals surface area contributed by atoms with Crippen molar-refractivity contribution in [2.24, 2.45) is 0 Å². The lowest BCUT2D eigenvalue weighted by Gasteiger charge is -2.26. The van der Waals surface area contributed by atoms with Gasteiger partial charge in [-0.1, -0.05) is 38.1 Å². The van der Waals surface area contributed by atoms with E-state index in [0.29, 0.717) is 12.8 Å². The maximum atomic E-state index is 11.7. The molecule has 4 nitrogen and oxygen atoms in total. The zero-order valence-corrected chi connectivity index (χ0v) is 12.5. The van der Waals surface area contributed by atoms with Crippen molar-refractivity contribution in [3.05, 3.63) is 35.4 Å². The highest BCUT2D eigenvalue weighted by Crippen LogP contribution is 2.49. The van der Waals surface area contributed by atoms with Crippen molar-refractivity contribution in [3.8, 4) is 0 Å². The van der Waals surface area contributed by atoms with Crippen molar-refractivity contribution in [3.63, 3.8) is 0 Å². The second kappa shape index (κ2) is 5.19. The van der Waals surface area contributed by atoms with E-state index in [9.17, 15) is 9.90 Å². The first kappa shape index (κ1) is 15.0. The van der Waals surface area contributed by atoms with Crippen LogP contribution in [0.25, 0.3) is 0 Å². The van der Waals surface area contributed by atoms with Crippen molar-refractivity contribution in [1.29, 1.82) is 0 Å². The van der Waals surface area contributed by atoms with Gasteiger partial charge in [0.15, 0.2) is 11.4 Å². The number of hydrogen-bond donors (Lipinski definition) is 1. The van der Waals surface area contributed by atoms with Crippen LogP contribution in [-0.2, 0) is 14.3 Å². The quantitative estimate of drug-likeness (QED) is 0.916. The first-order chi connectivity index (χ1) is 9.38. The molecule has 1 aromatic carbocycles. The Morgan fingerprint density at radius 3 is 2.40 bits per heavy atom. The van der Waals surface area contributed by atoms with Crippen molar-refractivity contribution < 1.29 is 19.4 Å². The fraction of sp³-hybridized carbons (Fsp3) is 0.562. The monoisotopic (exact) mass is 278 g/mol. The second-order valence-corrected chi connectivity index (χ2v) is 5.49. The number of benzene rings is 1. The number of carboxylic acid groups (broad SMARTS) is 1. The minimum Gasteiger partial charge on any atom is -0.479 e. The highest BCUT2D eigenvalue weighted by Gasteiger charge is 2.58. The summed E-state index contributed by atoms with van der Waals surface area (Å²) < 4.78 is 12.0. The summed E-state index contributed by atoms with van der Waals surface area (Å²) >= 11 is 0. The number of ether oxygens (including phenoxy) is 2. The number of carboxylic acids is 1. The normalized spacial score (nSPS) is 28.5. The molecule has 0 spiro atoms. The maximum Gasteiger partial charge on any atom is 0.338 e. The molecule has 1 heterocycles. The van der Waals surface area contributed by atoms with E-state index in [1.54, 1.807) is 6.92 Å². The van der Waals surface area contributed by atoms with Gasteiger partial charge in [0.2, 0.25) is 0 Å². The third-order valence-electron chi connectivity index (χ3n) is 4.20. The number of rotatable bonds is 4. The third-order valence-corrected chi connectivity index (χ3v) is 4.20. The van der Waals surface area contributed by atoms with Crippen molar-refractivity contribution in [2.45, 2.75) is 58.0 Å². The highest BCUT2D eigenvalue weighted by atomic mass is 16.8. The second-order valence-electron chi connectivity index (χ2n) is 5.49. The lowest BCUT2D eigenvalue weighted by atomic mass is 9.90. The SMILES string of the molecule is CCC1(CC)O[C@@H](c2ccccc2C)[C@](C)(C(=O)O)O1. The van der Waals surface area contributed by atoms with E-state index < -0.39 is 23.5 Å². The molecular weight excluding hydrogens is 256 g/mol. The average molecular weight is 278 g/mol. The summed E-state index contributed by atoms with van der Waals surface area (Å²) in [5, 5.41) is 9.61. The molecule has 1 N–H and O–H groups in total. The molecule has 1 saturated heterocycles. The van der Waals surface area contributed by atoms with E-state index in [1.807, 2.05) is 45.0 Å². The van der Waals surface area contributed by atoms with E-state index >= 15 is 0 Å². The molecule has 0 aliphatic carbocycles. The first-order valence-corrected chi connectivity index (χ1v) is 7.05. The van der Waals surface area contributed by atoms with Crippen LogP contribution in [0.3, 0.4) is 0 Å². The molecule has 4 heteroatoms. The summed E-state index contributed by atoms with van der Waals surface area (Å²) in [4.78, 5) is 11.7. The summed E-state index contributed by atoms with van der Waals surface area (Å²) in [6.07, 6.45) is 0.643. The third kappa shape index (κ3) is 2.23. The van der Waals surface area contributed by atoms with Gasteiger partial charge in [0.25, 0.3) is 0 Å². The van der Waals surface area contributed by atoms with Crippen LogP contribution in [0.4, 0.5) is 0 Å². The van der Waals surface area contributed by atoms with Crippen LogP contribution < -0.4 is 0 Å². The van der Waals surface area contributed by atoms with Gasteiger partial charge in [-0.3, -0.25) is 0 Å². The fourth-order valence-electron chi connectivity index (χ4n) is 2.75. The van der Waals surface area contributed by atoms with E-state index in [0.717, 1.165) is 11.1 Å². The summed E-state index contributed by atoms with van der Waals surface area (Å²) in [6, 6.07) is 7.69. The zero-order chi connectivity index (χ0) is 15.0. The minimum atomic E-state index is -1.36. The molecule has 0 unspecified atom stereocenters. The van der Waals surface area contributed by atoms with Crippen molar-refractivity contribution in [1.82, 2.24) is 0 Å². The lowest BCUT2D eigenvalue weighted by molar-refractivity contribution is -0.200. The molecule has 0 bridgehead atoms. The van der Waals surface area contributed by atoms with Gasteiger partial charge in [0.1, 0.15) is 6.10 Å². The van der Waals surface area contributed by atoms with E-state index in [1.165, 1.54) is 0 Å². The highest BCUT2D eigenvalue weighted by molar-refractivity contribution is 5.78. The molecule has 0 radical (unpaired) electrons. The smallest absolute Gasteiger partial charge is 0.338 e. The maximum absolute atomic E-state index is 11.7. The Labute approximate surface area is 119 Å². The number of hydrogen-bond acceptors (Lipinski definition) is 3. The Bertz CT molecular complexity index is 507. The standard InChI is InChI=1S/C16H22O4/c1-5-16(6-2)19-13(15(4,20-16)14(17)18)12-10-8-7-9-11(12)3/h7-10,13H,5-6H2,1-4H3,(H,17,18)/t13-,15+/m0/s1. The Morgan fingerprint density at radius 2 is 1.90 bits per heavy atom. The topological polar surface area (TPSA) is 55.8 Å². The van der Waals surface area contributed by atoms with Gasteiger partial charge in [-0.05, 0) is 37.8 Å². The molecule has 0 aromatic heterocycles. The van der Waals surface area contributed by atoms with Gasteiger partial charge in [0, 0.05) is 0 Å². The summed E-state index contributed by atoms with van der Waals surface area (Å²) in [5.74, 6) is -1.81. The van der Waals surface area contributed by atoms with E-state index in [2.05, 4.69) is 0 Å². The molecule has 20 heavy (non-hydrogen) atoms. The molecule has 0 amide bonds. The fourth-order valence-corrected chi connectivity index (χ4v) is 2.75. The van der Waals surface area contributed by atoms with Gasteiger partial charge < -0.3 is 14.6 Å². The molecule has 110 valence electrons. The molecule has 2 atom stereocenters. The number of carbonyl (C=O) groups is 1. The lowest BCUT2D eigenvalue weighted by Crippen LogP contribution is -2.42. The molecule has 1 fully saturated rings. The predicted molar refractivity (Wildman–Crippen MR) is 75.4 cm³/mol.